The molecule has 0 bridgehead atoms. The number of aromatic nitrogens is 1. The van der Waals surface area contributed by atoms with E-state index < -0.39 is 0 Å². The summed E-state index contributed by atoms with van der Waals surface area (Å²) in [5.74, 6) is 0. The van der Waals surface area contributed by atoms with Crippen molar-refractivity contribution in [1.82, 2.24) is 0 Å². The predicted molar refractivity (Wildman–Crippen MR) is 62.8 cm³/mol. The number of hydrogen-bond donors (Lipinski definition) is 0. The Kier molecular flexibility index (Phi) is 2.81. The summed E-state index contributed by atoms with van der Waals surface area (Å²) >= 11 is 0. The van der Waals surface area contributed by atoms with Crippen molar-refractivity contribution in [1.29, 1.82) is 0 Å². The SMILES string of the molecule is CC(C)(C)c1cc[n+]([O-])c(C(C)(C)C)c1. The van der Waals surface area contributed by atoms with Crippen molar-refractivity contribution in [2.75, 3.05) is 0 Å². The molecule has 1 aromatic rings. The summed E-state index contributed by atoms with van der Waals surface area (Å²) in [5, 5.41) is 11.7. The second-order valence-electron chi connectivity index (χ2n) is 6.13. The van der Waals surface area contributed by atoms with Gasteiger partial charge in [0, 0.05) is 17.5 Å². The Balaban J connectivity index is 3.30. The maximum Gasteiger partial charge on any atom is 0.198 e. The lowest BCUT2D eigenvalue weighted by Gasteiger charge is -2.23. The molecule has 0 N–H and O–H groups in total. The molecule has 0 amide bonds. The molecule has 0 saturated carbocycles. The van der Waals surface area contributed by atoms with Gasteiger partial charge in [0.05, 0.1) is 0 Å². The van der Waals surface area contributed by atoms with Crippen molar-refractivity contribution in [3.8, 4) is 0 Å². The quantitative estimate of drug-likeness (QED) is 0.474. The molecule has 0 radical (unpaired) electrons. The van der Waals surface area contributed by atoms with Gasteiger partial charge in [-0.3, -0.25) is 0 Å². The Morgan fingerprint density at radius 1 is 1.00 bits per heavy atom. The lowest BCUT2D eigenvalue weighted by Crippen LogP contribution is -2.38. The summed E-state index contributed by atoms with van der Waals surface area (Å²) in [4.78, 5) is 0. The fourth-order valence-electron chi connectivity index (χ4n) is 1.50. The molecule has 0 aliphatic rings. The van der Waals surface area contributed by atoms with Crippen LogP contribution in [0.15, 0.2) is 18.3 Å². The van der Waals surface area contributed by atoms with Crippen LogP contribution in [0.25, 0.3) is 0 Å². The lowest BCUT2D eigenvalue weighted by atomic mass is 9.84. The van der Waals surface area contributed by atoms with Crippen LogP contribution in [0.5, 0.6) is 0 Å². The van der Waals surface area contributed by atoms with Gasteiger partial charge in [0.1, 0.15) is 0 Å². The summed E-state index contributed by atoms with van der Waals surface area (Å²) in [6, 6.07) is 3.93. The normalized spacial score (nSPS) is 12.9. The van der Waals surface area contributed by atoms with Crippen LogP contribution in [0, 0.1) is 5.21 Å². The smallest absolute Gasteiger partial charge is 0.198 e. The van der Waals surface area contributed by atoms with Gasteiger partial charge in [0.25, 0.3) is 0 Å². The summed E-state index contributed by atoms with van der Waals surface area (Å²) in [5.41, 5.74) is 2.02. The Labute approximate surface area is 92.5 Å². The third-order valence-electron chi connectivity index (χ3n) is 2.55. The van der Waals surface area contributed by atoms with E-state index in [1.807, 2.05) is 12.1 Å². The third-order valence-corrected chi connectivity index (χ3v) is 2.55. The van der Waals surface area contributed by atoms with E-state index in [0.717, 1.165) is 10.4 Å². The molecule has 0 atom stereocenters. The minimum absolute atomic E-state index is 0.0915. The maximum absolute atomic E-state index is 11.7. The zero-order chi connectivity index (χ0) is 11.9. The third kappa shape index (κ3) is 2.71. The molecule has 0 saturated heterocycles. The van der Waals surface area contributed by atoms with Crippen molar-refractivity contribution in [2.45, 2.75) is 52.4 Å². The van der Waals surface area contributed by atoms with Crippen LogP contribution >= 0.6 is 0 Å². The van der Waals surface area contributed by atoms with Gasteiger partial charge in [0.2, 0.25) is 0 Å². The summed E-state index contributed by atoms with van der Waals surface area (Å²) in [6.07, 6.45) is 1.61. The summed E-state index contributed by atoms with van der Waals surface area (Å²) < 4.78 is 0.967. The molecule has 1 heterocycles. The van der Waals surface area contributed by atoms with E-state index in [1.54, 1.807) is 6.20 Å². The highest BCUT2D eigenvalue weighted by Gasteiger charge is 2.25. The highest BCUT2D eigenvalue weighted by atomic mass is 16.5. The predicted octanol–water partition coefficient (Wildman–Crippen LogP) is 2.92. The Bertz CT molecular complexity index is 356. The van der Waals surface area contributed by atoms with Crippen LogP contribution in [0.2, 0.25) is 0 Å². The van der Waals surface area contributed by atoms with Crippen molar-refractivity contribution < 1.29 is 4.73 Å². The first-order valence-corrected chi connectivity index (χ1v) is 5.36. The van der Waals surface area contributed by atoms with E-state index in [1.165, 1.54) is 5.56 Å². The first-order chi connectivity index (χ1) is 6.62. The molecule has 0 aliphatic heterocycles. The van der Waals surface area contributed by atoms with Gasteiger partial charge in [0.15, 0.2) is 11.9 Å². The highest BCUT2D eigenvalue weighted by Crippen LogP contribution is 2.25. The second-order valence-corrected chi connectivity index (χ2v) is 6.13. The fourth-order valence-corrected chi connectivity index (χ4v) is 1.50. The number of nitrogens with zero attached hydrogens (tertiary/aromatic N) is 1. The van der Waals surface area contributed by atoms with E-state index in [4.69, 9.17) is 0 Å². The van der Waals surface area contributed by atoms with E-state index in [9.17, 15) is 5.21 Å². The molecule has 0 aliphatic carbocycles. The number of rotatable bonds is 0. The van der Waals surface area contributed by atoms with Gasteiger partial charge < -0.3 is 5.21 Å². The van der Waals surface area contributed by atoms with E-state index >= 15 is 0 Å². The molecule has 15 heavy (non-hydrogen) atoms. The maximum atomic E-state index is 11.7. The summed E-state index contributed by atoms with van der Waals surface area (Å²) in [7, 11) is 0. The molecule has 84 valence electrons. The first-order valence-electron chi connectivity index (χ1n) is 5.36. The lowest BCUT2D eigenvalue weighted by molar-refractivity contribution is -0.618. The molecule has 0 spiro atoms. The number of hydrogen-bond acceptors (Lipinski definition) is 1. The molecular weight excluding hydrogens is 186 g/mol. The van der Waals surface area contributed by atoms with E-state index in [0.29, 0.717) is 0 Å². The minimum atomic E-state index is -0.108. The van der Waals surface area contributed by atoms with Crippen LogP contribution < -0.4 is 4.73 Å². The zero-order valence-electron chi connectivity index (χ0n) is 10.6. The molecule has 0 unspecified atom stereocenters. The van der Waals surface area contributed by atoms with Crippen molar-refractivity contribution in [2.24, 2.45) is 0 Å². The van der Waals surface area contributed by atoms with Crippen molar-refractivity contribution in [3.63, 3.8) is 0 Å². The molecule has 1 rings (SSSR count). The molecule has 0 aromatic carbocycles. The molecule has 0 fully saturated rings. The number of pyridine rings is 1. The fraction of sp³-hybridized carbons (Fsp3) is 0.615. The molecule has 2 nitrogen and oxygen atoms in total. The van der Waals surface area contributed by atoms with Gasteiger partial charge in [-0.15, -0.1) is 0 Å². The summed E-state index contributed by atoms with van der Waals surface area (Å²) in [6.45, 7) is 12.6. The first kappa shape index (κ1) is 12.0. The van der Waals surface area contributed by atoms with Crippen LogP contribution in [0.3, 0.4) is 0 Å². The van der Waals surface area contributed by atoms with Crippen LogP contribution in [0.1, 0.15) is 52.8 Å². The van der Waals surface area contributed by atoms with Crippen LogP contribution in [-0.4, -0.2) is 0 Å². The van der Waals surface area contributed by atoms with Gasteiger partial charge in [-0.2, -0.15) is 4.73 Å². The minimum Gasteiger partial charge on any atom is -0.618 e. The van der Waals surface area contributed by atoms with Crippen LogP contribution in [0.4, 0.5) is 0 Å². The van der Waals surface area contributed by atoms with E-state index in [2.05, 4.69) is 41.5 Å². The Morgan fingerprint density at radius 2 is 1.53 bits per heavy atom. The van der Waals surface area contributed by atoms with Crippen molar-refractivity contribution in [3.05, 3.63) is 34.8 Å². The van der Waals surface area contributed by atoms with Gasteiger partial charge in [-0.1, -0.05) is 41.5 Å². The van der Waals surface area contributed by atoms with Gasteiger partial charge >= 0.3 is 0 Å². The van der Waals surface area contributed by atoms with Gasteiger partial charge in [-0.05, 0) is 11.0 Å². The standard InChI is InChI=1S/C13H21NO/c1-12(2,3)10-7-8-14(15)11(9-10)13(4,5)6/h7-9H,1-6H3. The van der Waals surface area contributed by atoms with E-state index in [-0.39, 0.29) is 10.8 Å². The average molecular weight is 207 g/mol. The topological polar surface area (TPSA) is 26.9 Å². The zero-order valence-corrected chi connectivity index (χ0v) is 10.6. The molecule has 1 aromatic heterocycles. The average Bonchev–Trinajstić information content (AvgIpc) is 2.00. The monoisotopic (exact) mass is 207 g/mol. The second kappa shape index (κ2) is 3.51. The largest absolute Gasteiger partial charge is 0.618 e. The highest BCUT2D eigenvalue weighted by molar-refractivity contribution is 5.23. The Hall–Kier alpha value is -1.05. The molecular formula is C13H21NO. The molecule has 2 heteroatoms. The van der Waals surface area contributed by atoms with Crippen molar-refractivity contribution >= 4 is 0 Å². The van der Waals surface area contributed by atoms with Gasteiger partial charge in [-0.25, -0.2) is 0 Å². The van der Waals surface area contributed by atoms with Crippen LogP contribution in [-0.2, 0) is 10.8 Å². The Morgan fingerprint density at radius 3 is 1.93 bits per heavy atom.